The molecule has 1 aliphatic heterocycles. The molecule has 0 unspecified atom stereocenters. The van der Waals surface area contributed by atoms with Crippen LogP contribution in [0, 0.1) is 35.0 Å². The Labute approximate surface area is 189 Å². The van der Waals surface area contributed by atoms with Crippen molar-refractivity contribution in [2.24, 2.45) is 23.7 Å². The van der Waals surface area contributed by atoms with Gasteiger partial charge in [-0.2, -0.15) is 5.26 Å². The summed E-state index contributed by atoms with van der Waals surface area (Å²) < 4.78 is 4.77. The van der Waals surface area contributed by atoms with Crippen molar-refractivity contribution in [3.8, 4) is 6.07 Å². The molecule has 1 N–H and O–H groups in total. The lowest BCUT2D eigenvalue weighted by molar-refractivity contribution is -0.138. The third-order valence-corrected chi connectivity index (χ3v) is 9.42. The quantitative estimate of drug-likeness (QED) is 0.158. The zero-order valence-electron chi connectivity index (χ0n) is 15.9. The molecule has 2 saturated carbocycles. The molecular weight excluding hydrogens is 520 g/mol. The van der Waals surface area contributed by atoms with Gasteiger partial charge in [0.2, 0.25) is 11.8 Å². The largest absolute Gasteiger partial charge is 0.506 e. The van der Waals surface area contributed by atoms with Crippen molar-refractivity contribution in [3.63, 3.8) is 0 Å². The van der Waals surface area contributed by atoms with Gasteiger partial charge >= 0.3 is 5.97 Å². The summed E-state index contributed by atoms with van der Waals surface area (Å²) in [5.74, 6) is -2.20. The first-order valence-electron chi connectivity index (χ1n) is 9.58. The van der Waals surface area contributed by atoms with Crippen molar-refractivity contribution in [3.05, 3.63) is 35.4 Å². The van der Waals surface area contributed by atoms with Gasteiger partial charge in [0, 0.05) is 15.2 Å². The number of carbonyl (C=O) groups excluding carboxylic acids is 3. The molecule has 6 atom stereocenters. The van der Waals surface area contributed by atoms with Crippen LogP contribution in [0.5, 0.6) is 0 Å². The first-order chi connectivity index (χ1) is 14.3. The van der Waals surface area contributed by atoms with Gasteiger partial charge < -0.3 is 9.84 Å². The maximum Gasteiger partial charge on any atom is 0.352 e. The number of anilines is 1. The van der Waals surface area contributed by atoms with Gasteiger partial charge in [0.1, 0.15) is 11.8 Å². The third-order valence-electron chi connectivity index (χ3n) is 6.21. The summed E-state index contributed by atoms with van der Waals surface area (Å²) in [6.45, 7) is 1.67. The van der Waals surface area contributed by atoms with E-state index < -0.39 is 17.3 Å². The van der Waals surface area contributed by atoms with Crippen molar-refractivity contribution in [1.82, 2.24) is 0 Å². The second-order valence-corrected chi connectivity index (χ2v) is 9.73. The van der Waals surface area contributed by atoms with E-state index in [1.807, 2.05) is 0 Å². The molecule has 1 heterocycles. The van der Waals surface area contributed by atoms with Crippen LogP contribution in [-0.4, -0.2) is 39.2 Å². The Bertz CT molecular complexity index is 968. The fourth-order valence-corrected chi connectivity index (χ4v) is 6.79. The molecule has 4 rings (SSSR count). The molecule has 0 spiro atoms. The second-order valence-electron chi connectivity index (χ2n) is 7.62. The van der Waals surface area contributed by atoms with Gasteiger partial charge in [0.15, 0.2) is 5.57 Å². The van der Waals surface area contributed by atoms with Crippen LogP contribution in [0.4, 0.5) is 5.69 Å². The van der Waals surface area contributed by atoms with Crippen molar-refractivity contribution in [1.29, 1.82) is 5.26 Å². The number of aliphatic hydroxyl groups is 1. The lowest BCUT2D eigenvalue weighted by Gasteiger charge is -2.28. The molecular formula is C21H18Br2N2O5. The number of alkyl halides is 2. The Morgan fingerprint density at radius 1 is 1.17 bits per heavy atom. The van der Waals surface area contributed by atoms with Gasteiger partial charge in [-0.1, -0.05) is 31.9 Å². The standard InChI is InChI=1S/C21H18Br2N2O5/c1-2-30-21(29)13(8-24)18(26)9-3-5-10(6-4-9)25-19(27)14-11-7-12(15(14)20(25)28)17(23)16(11)22/h3-6,11-12,14-17,26H,2,7H2,1H3/b18-13-/t11-,12-,14-,15+,16+,17+/m1/s1. The first-order valence-corrected chi connectivity index (χ1v) is 11.4. The molecule has 7 nitrogen and oxygen atoms in total. The Morgan fingerprint density at radius 2 is 1.70 bits per heavy atom. The molecule has 2 bridgehead atoms. The maximum atomic E-state index is 13.1. The number of nitriles is 1. The van der Waals surface area contributed by atoms with Crippen molar-refractivity contribution in [2.75, 3.05) is 11.5 Å². The summed E-state index contributed by atoms with van der Waals surface area (Å²) in [7, 11) is 0. The van der Waals surface area contributed by atoms with E-state index in [1.54, 1.807) is 13.0 Å². The average Bonchev–Trinajstić information content (AvgIpc) is 3.34. The number of hydrogen-bond donors (Lipinski definition) is 1. The molecule has 2 amide bonds. The minimum absolute atomic E-state index is 0.0737. The minimum atomic E-state index is -0.913. The van der Waals surface area contributed by atoms with Crippen LogP contribution in [0.1, 0.15) is 18.9 Å². The van der Waals surface area contributed by atoms with Crippen LogP contribution < -0.4 is 4.90 Å². The lowest BCUT2D eigenvalue weighted by Crippen LogP contribution is -2.37. The number of esters is 1. The van der Waals surface area contributed by atoms with Crippen LogP contribution in [0.2, 0.25) is 0 Å². The summed E-state index contributed by atoms with van der Waals surface area (Å²) in [5, 5.41) is 19.5. The fraction of sp³-hybridized carbons (Fsp3) is 0.429. The van der Waals surface area contributed by atoms with Crippen LogP contribution in [0.25, 0.3) is 5.76 Å². The second kappa shape index (κ2) is 7.82. The van der Waals surface area contributed by atoms with Gasteiger partial charge in [-0.15, -0.1) is 0 Å². The molecule has 30 heavy (non-hydrogen) atoms. The summed E-state index contributed by atoms with van der Waals surface area (Å²) in [4.78, 5) is 39.5. The van der Waals surface area contributed by atoms with Crippen LogP contribution in [0.3, 0.4) is 0 Å². The topological polar surface area (TPSA) is 108 Å². The average molecular weight is 538 g/mol. The number of fused-ring (bicyclic) bond motifs is 5. The van der Waals surface area contributed by atoms with E-state index in [4.69, 9.17) is 10.00 Å². The van der Waals surface area contributed by atoms with Crippen LogP contribution in [0.15, 0.2) is 29.8 Å². The summed E-state index contributed by atoms with van der Waals surface area (Å²) in [6.07, 6.45) is 0.856. The SMILES string of the molecule is CCOC(=O)/C(C#N)=C(\O)c1ccc(N2C(=O)[C@@H]3[C@H]4C[C@@H]([C@H](Br)[C@H]4Br)[C@@H]3C2=O)cc1. The number of amides is 2. The van der Waals surface area contributed by atoms with Crippen molar-refractivity contribution in [2.45, 2.75) is 23.0 Å². The number of rotatable bonds is 4. The van der Waals surface area contributed by atoms with Crippen LogP contribution >= 0.6 is 31.9 Å². The van der Waals surface area contributed by atoms with E-state index in [0.717, 1.165) is 6.42 Å². The predicted octanol–water partition coefficient (Wildman–Crippen LogP) is 3.32. The predicted molar refractivity (Wildman–Crippen MR) is 115 cm³/mol. The fourth-order valence-electron chi connectivity index (χ4n) is 4.91. The van der Waals surface area contributed by atoms with Crippen molar-refractivity contribution < 1.29 is 24.2 Å². The zero-order chi connectivity index (χ0) is 21.7. The summed E-state index contributed by atoms with van der Waals surface area (Å²) in [6, 6.07) is 7.63. The minimum Gasteiger partial charge on any atom is -0.506 e. The highest BCUT2D eigenvalue weighted by Gasteiger charge is 2.66. The van der Waals surface area contributed by atoms with E-state index in [0.29, 0.717) is 5.69 Å². The number of carbonyl (C=O) groups is 3. The van der Waals surface area contributed by atoms with E-state index in [1.165, 1.54) is 29.2 Å². The van der Waals surface area contributed by atoms with Crippen molar-refractivity contribution >= 4 is 61.1 Å². The summed E-state index contributed by atoms with van der Waals surface area (Å²) >= 11 is 7.33. The van der Waals surface area contributed by atoms with E-state index >= 15 is 0 Å². The molecule has 156 valence electrons. The Balaban J connectivity index is 1.61. The van der Waals surface area contributed by atoms with Crippen LogP contribution in [-0.2, 0) is 19.1 Å². The maximum absolute atomic E-state index is 13.1. The molecule has 9 heteroatoms. The smallest absolute Gasteiger partial charge is 0.352 e. The number of imide groups is 1. The number of nitrogens with zero attached hydrogens (tertiary/aromatic N) is 2. The first kappa shape index (κ1) is 21.1. The van der Waals surface area contributed by atoms with E-state index in [9.17, 15) is 19.5 Å². The summed E-state index contributed by atoms with van der Waals surface area (Å²) in [5.41, 5.74) is 0.113. The van der Waals surface area contributed by atoms with Gasteiger partial charge in [-0.25, -0.2) is 4.79 Å². The molecule has 1 aromatic carbocycles. The Kier molecular flexibility index (Phi) is 5.49. The number of benzene rings is 1. The number of hydrogen-bond acceptors (Lipinski definition) is 6. The molecule has 2 aliphatic carbocycles. The molecule has 1 saturated heterocycles. The molecule has 0 radical (unpaired) electrons. The lowest BCUT2D eigenvalue weighted by atomic mass is 9.81. The Morgan fingerprint density at radius 3 is 2.17 bits per heavy atom. The van der Waals surface area contributed by atoms with Gasteiger partial charge in [0.25, 0.3) is 0 Å². The third kappa shape index (κ3) is 3.00. The highest BCUT2D eigenvalue weighted by atomic mass is 79.9. The van der Waals surface area contributed by atoms with Gasteiger partial charge in [-0.05, 0) is 49.4 Å². The number of aliphatic hydroxyl groups excluding tert-OH is 1. The molecule has 1 aromatic rings. The van der Waals surface area contributed by atoms with E-state index in [-0.39, 0.29) is 57.3 Å². The van der Waals surface area contributed by atoms with E-state index in [2.05, 4.69) is 31.9 Å². The van der Waals surface area contributed by atoms with Gasteiger partial charge in [-0.3, -0.25) is 14.5 Å². The monoisotopic (exact) mass is 536 g/mol. The van der Waals surface area contributed by atoms with Gasteiger partial charge in [0.05, 0.1) is 24.1 Å². The number of halogens is 2. The Hall–Kier alpha value is -2.18. The molecule has 0 aromatic heterocycles. The zero-order valence-corrected chi connectivity index (χ0v) is 19.1. The number of ether oxygens (including phenoxy) is 1. The highest BCUT2D eigenvalue weighted by Crippen LogP contribution is 2.60. The normalized spacial score (nSPS) is 32.7. The molecule has 3 fully saturated rings. The highest BCUT2D eigenvalue weighted by molar-refractivity contribution is 9.12. The molecule has 3 aliphatic rings.